The molecule has 0 atom stereocenters. The molecule has 0 unspecified atom stereocenters. The monoisotopic (exact) mass is 240 g/mol. The second kappa shape index (κ2) is 4.16. The van der Waals surface area contributed by atoms with Gasteiger partial charge in [0.1, 0.15) is 0 Å². The molecule has 0 aliphatic heterocycles. The highest BCUT2D eigenvalue weighted by molar-refractivity contribution is 7.22. The molecule has 0 radical (unpaired) electrons. The van der Waals surface area contributed by atoms with E-state index in [4.69, 9.17) is 11.6 Å². The van der Waals surface area contributed by atoms with E-state index in [1.165, 1.54) is 11.3 Å². The molecule has 0 aliphatic rings. The Hall–Kier alpha value is -1.13. The molecule has 1 heterocycles. The van der Waals surface area contributed by atoms with Gasteiger partial charge in [0.25, 0.3) is 0 Å². The number of fused-ring (bicyclic) bond motifs is 1. The van der Waals surface area contributed by atoms with Crippen LogP contribution in [0, 0.1) is 0 Å². The number of benzene rings is 1. The van der Waals surface area contributed by atoms with Crippen LogP contribution in [0.15, 0.2) is 18.2 Å². The number of nitrogens with zero attached hydrogens (tertiary/aromatic N) is 1. The van der Waals surface area contributed by atoms with E-state index in [0.29, 0.717) is 16.6 Å². The molecule has 1 aromatic heterocycles. The van der Waals surface area contributed by atoms with Crippen LogP contribution in [0.25, 0.3) is 10.2 Å². The molecular formula is C10H9ClN2OS. The van der Waals surface area contributed by atoms with Crippen molar-refractivity contribution in [1.82, 2.24) is 4.98 Å². The number of amides is 1. The third-order valence-corrected chi connectivity index (χ3v) is 3.09. The number of anilines is 1. The number of hydrogen-bond donors (Lipinski definition) is 1. The van der Waals surface area contributed by atoms with Gasteiger partial charge in [-0.3, -0.25) is 4.79 Å². The largest absolute Gasteiger partial charge is 0.302 e. The topological polar surface area (TPSA) is 42.0 Å². The molecule has 0 aliphatic carbocycles. The minimum atomic E-state index is -0.0276. The fourth-order valence-corrected chi connectivity index (χ4v) is 2.32. The number of nitrogens with one attached hydrogen (secondary N) is 1. The number of carbonyl (C=O) groups excluding carboxylic acids is 1. The van der Waals surface area contributed by atoms with Gasteiger partial charge in [0.05, 0.1) is 10.2 Å². The summed E-state index contributed by atoms with van der Waals surface area (Å²) in [5, 5.41) is 4.03. The van der Waals surface area contributed by atoms with Crippen molar-refractivity contribution in [2.24, 2.45) is 0 Å². The lowest BCUT2D eigenvalue weighted by Gasteiger charge is -1.95. The van der Waals surface area contributed by atoms with Crippen molar-refractivity contribution in [2.45, 2.75) is 13.3 Å². The second-order valence-electron chi connectivity index (χ2n) is 3.03. The Morgan fingerprint density at radius 2 is 2.40 bits per heavy atom. The minimum Gasteiger partial charge on any atom is -0.302 e. The van der Waals surface area contributed by atoms with Crippen molar-refractivity contribution < 1.29 is 4.79 Å². The van der Waals surface area contributed by atoms with Gasteiger partial charge in [0, 0.05) is 11.4 Å². The number of hydrogen-bond acceptors (Lipinski definition) is 3. The predicted octanol–water partition coefficient (Wildman–Crippen LogP) is 3.30. The summed E-state index contributed by atoms with van der Waals surface area (Å²) in [5.74, 6) is -0.0276. The molecule has 3 nitrogen and oxygen atoms in total. The van der Waals surface area contributed by atoms with E-state index in [1.54, 1.807) is 13.0 Å². The van der Waals surface area contributed by atoms with Gasteiger partial charge in [-0.25, -0.2) is 4.98 Å². The Morgan fingerprint density at radius 1 is 1.60 bits per heavy atom. The number of carbonyl (C=O) groups is 1. The highest BCUT2D eigenvalue weighted by Crippen LogP contribution is 2.28. The van der Waals surface area contributed by atoms with Crippen LogP contribution in [0.5, 0.6) is 0 Å². The summed E-state index contributed by atoms with van der Waals surface area (Å²) in [6, 6.07) is 5.47. The summed E-state index contributed by atoms with van der Waals surface area (Å²) in [5.41, 5.74) is 0.857. The molecule has 1 N–H and O–H groups in total. The molecule has 1 amide bonds. The first kappa shape index (κ1) is 10.4. The summed E-state index contributed by atoms with van der Waals surface area (Å²) < 4.78 is 0.980. The molecule has 0 spiro atoms. The van der Waals surface area contributed by atoms with Gasteiger partial charge in [0.15, 0.2) is 5.13 Å². The standard InChI is InChI=1S/C10H9ClN2OS/c1-2-9(14)13-10-12-7-4-3-6(11)5-8(7)15-10/h3-5H,2H2,1H3,(H,12,13,14). The van der Waals surface area contributed by atoms with E-state index >= 15 is 0 Å². The maximum atomic E-state index is 11.2. The summed E-state index contributed by atoms with van der Waals surface area (Å²) in [4.78, 5) is 15.4. The van der Waals surface area contributed by atoms with E-state index in [9.17, 15) is 4.79 Å². The zero-order chi connectivity index (χ0) is 10.8. The molecule has 0 bridgehead atoms. The molecule has 0 fully saturated rings. The summed E-state index contributed by atoms with van der Waals surface area (Å²) >= 11 is 7.28. The van der Waals surface area contributed by atoms with E-state index in [-0.39, 0.29) is 5.91 Å². The van der Waals surface area contributed by atoms with Crippen LogP contribution >= 0.6 is 22.9 Å². The van der Waals surface area contributed by atoms with E-state index < -0.39 is 0 Å². The lowest BCUT2D eigenvalue weighted by atomic mass is 10.3. The number of aromatic nitrogens is 1. The van der Waals surface area contributed by atoms with Crippen molar-refractivity contribution in [3.05, 3.63) is 23.2 Å². The average Bonchev–Trinajstić information content (AvgIpc) is 2.59. The zero-order valence-electron chi connectivity index (χ0n) is 8.08. The van der Waals surface area contributed by atoms with Crippen molar-refractivity contribution in [2.75, 3.05) is 5.32 Å². The highest BCUT2D eigenvalue weighted by atomic mass is 35.5. The molecule has 2 aromatic rings. The predicted molar refractivity (Wildman–Crippen MR) is 63.6 cm³/mol. The Balaban J connectivity index is 2.34. The Kier molecular flexibility index (Phi) is 2.88. The van der Waals surface area contributed by atoms with E-state index in [0.717, 1.165) is 10.2 Å². The second-order valence-corrected chi connectivity index (χ2v) is 4.50. The van der Waals surface area contributed by atoms with Gasteiger partial charge < -0.3 is 5.32 Å². The van der Waals surface area contributed by atoms with Gasteiger partial charge in [-0.05, 0) is 18.2 Å². The fourth-order valence-electron chi connectivity index (χ4n) is 1.16. The normalized spacial score (nSPS) is 10.5. The maximum absolute atomic E-state index is 11.2. The average molecular weight is 241 g/mol. The van der Waals surface area contributed by atoms with Gasteiger partial charge in [-0.1, -0.05) is 29.9 Å². The lowest BCUT2D eigenvalue weighted by Crippen LogP contribution is -2.08. The van der Waals surface area contributed by atoms with E-state index in [2.05, 4.69) is 10.3 Å². The Labute approximate surface area is 96.1 Å². The first-order valence-electron chi connectivity index (χ1n) is 4.55. The van der Waals surface area contributed by atoms with Gasteiger partial charge in [0.2, 0.25) is 5.91 Å². The first-order valence-corrected chi connectivity index (χ1v) is 5.74. The molecule has 0 saturated heterocycles. The molecule has 15 heavy (non-hydrogen) atoms. The molecule has 0 saturated carbocycles. The maximum Gasteiger partial charge on any atom is 0.225 e. The van der Waals surface area contributed by atoms with E-state index in [1.807, 2.05) is 12.1 Å². The fraction of sp³-hybridized carbons (Fsp3) is 0.200. The molecule has 2 rings (SSSR count). The van der Waals surface area contributed by atoms with Crippen molar-refractivity contribution in [1.29, 1.82) is 0 Å². The van der Waals surface area contributed by atoms with Crippen LogP contribution in [-0.2, 0) is 4.79 Å². The van der Waals surface area contributed by atoms with Crippen LogP contribution in [-0.4, -0.2) is 10.9 Å². The van der Waals surface area contributed by atoms with Crippen LogP contribution in [0.2, 0.25) is 5.02 Å². The van der Waals surface area contributed by atoms with Crippen LogP contribution in [0.1, 0.15) is 13.3 Å². The third-order valence-electron chi connectivity index (χ3n) is 1.92. The quantitative estimate of drug-likeness (QED) is 0.875. The Bertz CT molecular complexity index is 509. The summed E-state index contributed by atoms with van der Waals surface area (Å²) in [6.45, 7) is 1.81. The van der Waals surface area contributed by atoms with Crippen molar-refractivity contribution >= 4 is 44.2 Å². The summed E-state index contributed by atoms with van der Waals surface area (Å²) in [6.07, 6.45) is 0.455. The van der Waals surface area contributed by atoms with Crippen LogP contribution < -0.4 is 5.32 Å². The van der Waals surface area contributed by atoms with Gasteiger partial charge in [-0.2, -0.15) is 0 Å². The number of halogens is 1. The Morgan fingerprint density at radius 3 is 3.13 bits per heavy atom. The number of thiazole rings is 1. The van der Waals surface area contributed by atoms with Crippen molar-refractivity contribution in [3.8, 4) is 0 Å². The van der Waals surface area contributed by atoms with Crippen molar-refractivity contribution in [3.63, 3.8) is 0 Å². The molecule has 1 aromatic carbocycles. The van der Waals surface area contributed by atoms with Gasteiger partial charge >= 0.3 is 0 Å². The smallest absolute Gasteiger partial charge is 0.225 e. The third kappa shape index (κ3) is 2.27. The molecular weight excluding hydrogens is 232 g/mol. The molecule has 5 heteroatoms. The molecule has 78 valence electrons. The van der Waals surface area contributed by atoms with Gasteiger partial charge in [-0.15, -0.1) is 0 Å². The SMILES string of the molecule is CCC(=O)Nc1nc2ccc(Cl)cc2s1. The summed E-state index contributed by atoms with van der Waals surface area (Å²) in [7, 11) is 0. The van der Waals surface area contributed by atoms with Crippen LogP contribution in [0.3, 0.4) is 0 Å². The number of rotatable bonds is 2. The zero-order valence-corrected chi connectivity index (χ0v) is 9.65. The minimum absolute atomic E-state index is 0.0276. The highest BCUT2D eigenvalue weighted by Gasteiger charge is 2.06. The van der Waals surface area contributed by atoms with Crippen LogP contribution in [0.4, 0.5) is 5.13 Å². The lowest BCUT2D eigenvalue weighted by molar-refractivity contribution is -0.115. The first-order chi connectivity index (χ1) is 7.19.